The Labute approximate surface area is 288 Å². The fourth-order valence-corrected chi connectivity index (χ4v) is 5.85. The van der Waals surface area contributed by atoms with E-state index in [1.807, 2.05) is 88.4 Å². The maximum absolute atomic E-state index is 12.1. The molecular weight excluding hydrogens is 632 g/mol. The Bertz CT molecular complexity index is 2270. The smallest absolute Gasteiger partial charge is 0.332 e. The minimum absolute atomic E-state index is 0.00554. The van der Waals surface area contributed by atoms with Crippen molar-refractivity contribution in [2.24, 2.45) is 0 Å². The highest BCUT2D eigenvalue weighted by atomic mass is 16.5. The summed E-state index contributed by atoms with van der Waals surface area (Å²) in [5, 5.41) is 11.6. The van der Waals surface area contributed by atoms with E-state index in [1.54, 1.807) is 26.0 Å². The van der Waals surface area contributed by atoms with Crippen molar-refractivity contribution in [1.82, 2.24) is 9.97 Å². The lowest BCUT2D eigenvalue weighted by atomic mass is 10.0. The van der Waals surface area contributed by atoms with Gasteiger partial charge in [0.1, 0.15) is 0 Å². The topological polar surface area (TPSA) is 142 Å². The zero-order valence-corrected chi connectivity index (χ0v) is 28.9. The highest BCUT2D eigenvalue weighted by Gasteiger charge is 2.10. The zero-order valence-electron chi connectivity index (χ0n) is 28.9. The highest BCUT2D eigenvalue weighted by Crippen LogP contribution is 2.31. The standard InChI is InChI=1S/C22H26N2O4.C18H14N2O2/c1-5-27-21(25)13-15(3)23-19-11-7-10-18-17(19)9-8-12-20(18)24-16(4)14-22(26)28-6-2;1-9-7-15(21)13-5-4-12-11(17(13)19-9)3-6-14-16(22)8-10(2)20-18(12)14/h7-14,23-24H,5-6H2,1-4H3;3-8H,1-2H3,(H,19,21)(H,20,22)/b15-13+,16-14+;. The number of benzene rings is 4. The minimum Gasteiger partial charge on any atom is -0.463 e. The van der Waals surface area contributed by atoms with Gasteiger partial charge in [-0.15, -0.1) is 0 Å². The van der Waals surface area contributed by atoms with Gasteiger partial charge in [-0.25, -0.2) is 9.59 Å². The number of allylic oxidation sites excluding steroid dienone is 2. The normalized spacial score (nSPS) is 11.7. The van der Waals surface area contributed by atoms with Gasteiger partial charge in [0, 0.05) is 90.8 Å². The number of rotatable bonds is 8. The highest BCUT2D eigenvalue weighted by molar-refractivity contribution is 6.14. The van der Waals surface area contributed by atoms with E-state index in [0.717, 1.165) is 55.3 Å². The number of anilines is 2. The first-order valence-electron chi connectivity index (χ1n) is 16.3. The first-order chi connectivity index (χ1) is 24.0. The maximum atomic E-state index is 12.1. The second-order valence-electron chi connectivity index (χ2n) is 11.8. The van der Waals surface area contributed by atoms with Crippen LogP contribution in [0.25, 0.3) is 43.4 Å². The first-order valence-corrected chi connectivity index (χ1v) is 16.3. The number of H-pyrrole nitrogens is 2. The number of hydrogen-bond acceptors (Lipinski definition) is 8. The number of nitrogens with one attached hydrogen (secondary N) is 4. The third-order valence-corrected chi connectivity index (χ3v) is 7.90. The Balaban J connectivity index is 0.000000199. The van der Waals surface area contributed by atoms with E-state index in [2.05, 4.69) is 20.6 Å². The van der Waals surface area contributed by atoms with Gasteiger partial charge < -0.3 is 30.1 Å². The van der Waals surface area contributed by atoms with E-state index in [9.17, 15) is 19.2 Å². The fourth-order valence-electron chi connectivity index (χ4n) is 5.85. The Kier molecular flexibility index (Phi) is 10.8. The molecule has 10 heteroatoms. The monoisotopic (exact) mass is 672 g/mol. The summed E-state index contributed by atoms with van der Waals surface area (Å²) >= 11 is 0. The van der Waals surface area contributed by atoms with Crippen LogP contribution in [0, 0.1) is 13.8 Å². The van der Waals surface area contributed by atoms with Crippen molar-refractivity contribution in [2.45, 2.75) is 41.5 Å². The summed E-state index contributed by atoms with van der Waals surface area (Å²) in [6, 6.07) is 22.4. The molecule has 0 bridgehead atoms. The number of hydrogen-bond donors (Lipinski definition) is 4. The van der Waals surface area contributed by atoms with Crippen LogP contribution in [0.15, 0.2) is 106 Å². The van der Waals surface area contributed by atoms with Crippen molar-refractivity contribution in [2.75, 3.05) is 23.8 Å². The third kappa shape index (κ3) is 7.92. The molecule has 0 aliphatic carbocycles. The molecule has 6 rings (SSSR count). The van der Waals surface area contributed by atoms with E-state index in [1.165, 1.54) is 12.2 Å². The first kappa shape index (κ1) is 35.2. The maximum Gasteiger partial charge on any atom is 0.332 e. The molecule has 50 heavy (non-hydrogen) atoms. The third-order valence-electron chi connectivity index (χ3n) is 7.90. The summed E-state index contributed by atoms with van der Waals surface area (Å²) < 4.78 is 9.88. The molecule has 0 amide bonds. The molecule has 0 spiro atoms. The van der Waals surface area contributed by atoms with E-state index >= 15 is 0 Å². The van der Waals surface area contributed by atoms with Crippen molar-refractivity contribution >= 4 is 66.7 Å². The summed E-state index contributed by atoms with van der Waals surface area (Å²) in [6.45, 7) is 11.6. The summed E-state index contributed by atoms with van der Waals surface area (Å²) in [5.41, 5.74) is 6.38. The quantitative estimate of drug-likeness (QED) is 0.0731. The fraction of sp³-hybridized carbons (Fsp3) is 0.200. The van der Waals surface area contributed by atoms with Crippen molar-refractivity contribution < 1.29 is 19.1 Å². The lowest BCUT2D eigenvalue weighted by Gasteiger charge is -2.14. The Morgan fingerprint density at radius 2 is 0.980 bits per heavy atom. The van der Waals surface area contributed by atoms with Crippen LogP contribution >= 0.6 is 0 Å². The van der Waals surface area contributed by atoms with Crippen LogP contribution in [0.4, 0.5) is 11.4 Å². The van der Waals surface area contributed by atoms with Gasteiger partial charge in [0.15, 0.2) is 10.9 Å². The van der Waals surface area contributed by atoms with Gasteiger partial charge in [-0.1, -0.05) is 36.4 Å². The largest absolute Gasteiger partial charge is 0.463 e. The van der Waals surface area contributed by atoms with E-state index in [4.69, 9.17) is 9.47 Å². The molecule has 10 nitrogen and oxygen atoms in total. The van der Waals surface area contributed by atoms with Crippen molar-refractivity contribution in [3.8, 4) is 0 Å². The molecule has 4 N–H and O–H groups in total. The number of aromatic amines is 2. The average molecular weight is 673 g/mol. The Morgan fingerprint density at radius 3 is 1.36 bits per heavy atom. The number of fused-ring (bicyclic) bond motifs is 6. The van der Waals surface area contributed by atoms with Crippen LogP contribution in [-0.4, -0.2) is 35.1 Å². The number of carbonyl (C=O) groups excluding carboxylic acids is 2. The lowest BCUT2D eigenvalue weighted by Crippen LogP contribution is -2.05. The van der Waals surface area contributed by atoms with Gasteiger partial charge in [0.05, 0.1) is 24.2 Å². The van der Waals surface area contributed by atoms with Gasteiger partial charge >= 0.3 is 11.9 Å². The van der Waals surface area contributed by atoms with Crippen LogP contribution in [0.3, 0.4) is 0 Å². The van der Waals surface area contributed by atoms with Crippen LogP contribution in [0.2, 0.25) is 0 Å². The molecular formula is C40H40N4O6. The molecule has 0 fully saturated rings. The van der Waals surface area contributed by atoms with Gasteiger partial charge in [-0.05, 0) is 65.8 Å². The number of aryl methyl sites for hydroxylation is 2. The number of carbonyl (C=O) groups is 2. The van der Waals surface area contributed by atoms with Gasteiger partial charge in [0.25, 0.3) is 0 Å². The summed E-state index contributed by atoms with van der Waals surface area (Å²) in [7, 11) is 0. The SMILES string of the molecule is CCOC(=O)/C=C(\C)Nc1cccc2c(N/C(C)=C/C(=O)OCC)cccc12.Cc1cc(=O)c2ccc3c(ccc4c(=O)cc(C)[nH]c43)c2[nH]1. The predicted molar refractivity (Wildman–Crippen MR) is 202 cm³/mol. The van der Waals surface area contributed by atoms with Crippen LogP contribution in [-0.2, 0) is 19.1 Å². The molecule has 0 aliphatic rings. The molecule has 0 saturated heterocycles. The molecule has 0 radical (unpaired) electrons. The number of aromatic nitrogens is 2. The van der Waals surface area contributed by atoms with E-state index < -0.39 is 0 Å². The molecule has 2 heterocycles. The molecule has 4 aromatic carbocycles. The van der Waals surface area contributed by atoms with Gasteiger partial charge in [-0.3, -0.25) is 9.59 Å². The lowest BCUT2D eigenvalue weighted by molar-refractivity contribution is -0.138. The molecule has 0 atom stereocenters. The minimum atomic E-state index is -0.380. The Hall–Kier alpha value is -6.16. The Morgan fingerprint density at radius 1 is 0.600 bits per heavy atom. The second-order valence-corrected chi connectivity index (χ2v) is 11.8. The van der Waals surface area contributed by atoms with Crippen LogP contribution < -0.4 is 21.5 Å². The molecule has 0 saturated carbocycles. The van der Waals surface area contributed by atoms with Crippen molar-refractivity contribution in [3.05, 3.63) is 128 Å². The number of ether oxygens (including phenoxy) is 2. The molecule has 256 valence electrons. The molecule has 2 aromatic heterocycles. The van der Waals surface area contributed by atoms with Crippen molar-refractivity contribution in [1.29, 1.82) is 0 Å². The van der Waals surface area contributed by atoms with Crippen molar-refractivity contribution in [3.63, 3.8) is 0 Å². The summed E-state index contributed by atoms with van der Waals surface area (Å²) in [5.74, 6) is -0.760. The number of esters is 2. The number of pyridine rings is 2. The van der Waals surface area contributed by atoms with E-state index in [0.29, 0.717) is 35.4 Å². The predicted octanol–water partition coefficient (Wildman–Crippen LogP) is 7.74. The molecule has 0 aliphatic heterocycles. The molecule has 0 unspecified atom stereocenters. The van der Waals surface area contributed by atoms with Crippen LogP contribution in [0.5, 0.6) is 0 Å². The molecule has 6 aromatic rings. The van der Waals surface area contributed by atoms with E-state index in [-0.39, 0.29) is 22.8 Å². The van der Waals surface area contributed by atoms with Gasteiger partial charge in [-0.2, -0.15) is 0 Å². The van der Waals surface area contributed by atoms with Gasteiger partial charge in [0.2, 0.25) is 0 Å². The average Bonchev–Trinajstić information content (AvgIpc) is 3.05. The summed E-state index contributed by atoms with van der Waals surface area (Å²) in [4.78, 5) is 54.1. The van der Waals surface area contributed by atoms with Crippen LogP contribution in [0.1, 0.15) is 39.1 Å². The zero-order chi connectivity index (χ0) is 35.9. The second kappa shape index (κ2) is 15.4. The summed E-state index contributed by atoms with van der Waals surface area (Å²) in [6.07, 6.45) is 2.85.